The van der Waals surface area contributed by atoms with Crippen molar-refractivity contribution < 1.29 is 23.0 Å². The number of carbonyl (C=O) groups is 1. The van der Waals surface area contributed by atoms with E-state index in [0.717, 1.165) is 24.8 Å². The Labute approximate surface area is 142 Å². The highest BCUT2D eigenvalue weighted by atomic mass is 32.3. The summed E-state index contributed by atoms with van der Waals surface area (Å²) >= 11 is 0. The van der Waals surface area contributed by atoms with E-state index in [0.29, 0.717) is 13.0 Å². The van der Waals surface area contributed by atoms with Gasteiger partial charge in [0.05, 0.1) is 24.1 Å². The predicted molar refractivity (Wildman–Crippen MR) is 93.2 cm³/mol. The van der Waals surface area contributed by atoms with Crippen LogP contribution in [-0.2, 0) is 4.74 Å². The van der Waals surface area contributed by atoms with E-state index in [1.54, 1.807) is 6.07 Å². The van der Waals surface area contributed by atoms with Crippen molar-refractivity contribution in [2.75, 3.05) is 23.7 Å². The van der Waals surface area contributed by atoms with Gasteiger partial charge in [0.1, 0.15) is 0 Å². The lowest BCUT2D eigenvalue weighted by Crippen LogP contribution is -2.35. The Morgan fingerprint density at radius 1 is 1.29 bits per heavy atom. The number of nitrogens with zero attached hydrogens (tertiary/aromatic N) is 1. The van der Waals surface area contributed by atoms with Crippen molar-refractivity contribution >= 4 is 22.4 Å². The highest BCUT2D eigenvalue weighted by Gasteiger charge is 2.32. The van der Waals surface area contributed by atoms with Gasteiger partial charge in [0.2, 0.25) is 0 Å². The maximum absolute atomic E-state index is 14.9. The minimum Gasteiger partial charge on any atom is -0.465 e. The van der Waals surface area contributed by atoms with Crippen LogP contribution >= 0.6 is 10.8 Å². The van der Waals surface area contributed by atoms with Gasteiger partial charge in [0.25, 0.3) is 0 Å². The molecule has 2 aliphatic rings. The summed E-state index contributed by atoms with van der Waals surface area (Å²) in [7, 11) is -1.85. The molecule has 1 aliphatic heterocycles. The van der Waals surface area contributed by atoms with Crippen LogP contribution in [0.2, 0.25) is 0 Å². The summed E-state index contributed by atoms with van der Waals surface area (Å²) in [5.74, 6) is -1.12. The first-order valence-corrected chi connectivity index (χ1v) is 9.71. The van der Waals surface area contributed by atoms with Crippen LogP contribution in [0.4, 0.5) is 10.1 Å². The molecule has 1 fully saturated rings. The molecular weight excluding hydrogens is 333 g/mol. The normalized spacial score (nSPS) is 21.8. The fraction of sp³-hybridized carbons (Fsp3) is 0.471. The Bertz CT molecular complexity index is 669. The summed E-state index contributed by atoms with van der Waals surface area (Å²) in [5.41, 5.74) is 0.745. The topological polar surface area (TPSA) is 70.0 Å². The van der Waals surface area contributed by atoms with Gasteiger partial charge in [-0.1, -0.05) is 12.2 Å². The molecule has 2 N–H and O–H groups in total. The van der Waals surface area contributed by atoms with E-state index in [-0.39, 0.29) is 22.9 Å². The molecule has 132 valence electrons. The van der Waals surface area contributed by atoms with Crippen molar-refractivity contribution in [3.05, 3.63) is 41.2 Å². The highest BCUT2D eigenvalue weighted by molar-refractivity contribution is 8.25. The molecule has 5 nitrogen and oxygen atoms in total. The van der Waals surface area contributed by atoms with Gasteiger partial charge in [-0.3, -0.25) is 13.4 Å². The Hall–Kier alpha value is -1.57. The second-order valence-corrected chi connectivity index (χ2v) is 8.29. The largest absolute Gasteiger partial charge is 0.465 e. The number of ether oxygens (including phenoxy) is 1. The monoisotopic (exact) mass is 355 g/mol. The smallest absolute Gasteiger partial charge is 0.340 e. The first-order chi connectivity index (χ1) is 11.4. The van der Waals surface area contributed by atoms with Crippen LogP contribution in [0.5, 0.6) is 0 Å². The first kappa shape index (κ1) is 17.3. The van der Waals surface area contributed by atoms with E-state index < -0.39 is 22.6 Å². The van der Waals surface area contributed by atoms with Gasteiger partial charge in [-0.05, 0) is 49.3 Å². The number of rotatable bonds is 3. The first-order valence-electron chi connectivity index (χ1n) is 8.04. The maximum Gasteiger partial charge on any atom is 0.340 e. The van der Waals surface area contributed by atoms with E-state index >= 15 is 0 Å². The Morgan fingerprint density at radius 3 is 2.62 bits per heavy atom. The van der Waals surface area contributed by atoms with Gasteiger partial charge in [0, 0.05) is 6.54 Å². The Balaban J connectivity index is 2.09. The van der Waals surface area contributed by atoms with Crippen LogP contribution in [-0.4, -0.2) is 34.5 Å². The zero-order valence-electron chi connectivity index (χ0n) is 13.6. The summed E-state index contributed by atoms with van der Waals surface area (Å²) < 4.78 is 41.6. The van der Waals surface area contributed by atoms with Crippen LogP contribution in [0.3, 0.4) is 0 Å². The molecule has 3 rings (SSSR count). The third-order valence-electron chi connectivity index (χ3n) is 4.61. The lowest BCUT2D eigenvalue weighted by Gasteiger charge is -2.47. The van der Waals surface area contributed by atoms with Gasteiger partial charge in [-0.15, -0.1) is 10.8 Å². The van der Waals surface area contributed by atoms with Crippen LogP contribution in [0.1, 0.15) is 47.5 Å². The fourth-order valence-electron chi connectivity index (χ4n) is 3.28. The highest BCUT2D eigenvalue weighted by Crippen LogP contribution is 2.51. The van der Waals surface area contributed by atoms with Crippen molar-refractivity contribution in [2.24, 2.45) is 0 Å². The number of allylic oxidation sites excluding steroid dienone is 2. The number of esters is 1. The number of methoxy groups -OCH3 is 1. The zero-order chi connectivity index (χ0) is 17.3. The molecule has 0 saturated carbocycles. The molecule has 7 heteroatoms. The van der Waals surface area contributed by atoms with E-state index in [9.17, 15) is 18.3 Å². The standard InChI is InChI=1S/C17H22FNO4S/c1-23-17(20)14-10-13(12-6-2-3-7-12)11-15(16(14)18)19-8-4-5-9-24(19,21)22/h2-3,10-12,21-22H,4-9H2,1H3. The average Bonchev–Trinajstić information content (AvgIpc) is 3.09. The lowest BCUT2D eigenvalue weighted by molar-refractivity contribution is 0.0595. The second-order valence-electron chi connectivity index (χ2n) is 6.18. The molecule has 0 atom stereocenters. The van der Waals surface area contributed by atoms with E-state index in [1.165, 1.54) is 17.5 Å². The van der Waals surface area contributed by atoms with Crippen molar-refractivity contribution in [3.63, 3.8) is 0 Å². The van der Waals surface area contributed by atoms with E-state index in [2.05, 4.69) is 12.2 Å². The number of anilines is 1. The summed E-state index contributed by atoms with van der Waals surface area (Å²) in [5, 5.41) is 0. The van der Waals surface area contributed by atoms with Crippen molar-refractivity contribution in [2.45, 2.75) is 31.6 Å². The summed E-state index contributed by atoms with van der Waals surface area (Å²) in [6.07, 6.45) is 7.19. The molecule has 0 spiro atoms. The molecule has 0 amide bonds. The quantitative estimate of drug-likeness (QED) is 0.624. The number of hydrogen-bond donors (Lipinski definition) is 2. The average molecular weight is 355 g/mol. The fourth-order valence-corrected chi connectivity index (χ4v) is 4.96. The van der Waals surface area contributed by atoms with Crippen molar-refractivity contribution in [1.82, 2.24) is 0 Å². The van der Waals surface area contributed by atoms with Gasteiger partial charge in [0.15, 0.2) is 5.82 Å². The summed E-state index contributed by atoms with van der Waals surface area (Å²) in [4.78, 5) is 12.0. The zero-order valence-corrected chi connectivity index (χ0v) is 14.4. The second kappa shape index (κ2) is 6.74. The van der Waals surface area contributed by atoms with Crippen LogP contribution in [0.15, 0.2) is 24.3 Å². The number of carbonyl (C=O) groups excluding carboxylic acids is 1. The van der Waals surface area contributed by atoms with Gasteiger partial charge >= 0.3 is 5.97 Å². The molecule has 1 heterocycles. The van der Waals surface area contributed by atoms with E-state index in [4.69, 9.17) is 4.74 Å². The molecule has 1 saturated heterocycles. The maximum atomic E-state index is 14.9. The van der Waals surface area contributed by atoms with Crippen LogP contribution in [0.25, 0.3) is 0 Å². The SMILES string of the molecule is COC(=O)c1cc(C2CC=CC2)cc(N2CCCCS2(O)O)c1F. The van der Waals surface area contributed by atoms with Gasteiger partial charge in [-0.2, -0.15) is 0 Å². The molecule has 1 aliphatic carbocycles. The summed E-state index contributed by atoms with van der Waals surface area (Å²) in [6.45, 7) is 0.353. The Morgan fingerprint density at radius 2 is 2.00 bits per heavy atom. The van der Waals surface area contributed by atoms with Gasteiger partial charge < -0.3 is 4.74 Å². The van der Waals surface area contributed by atoms with Crippen LogP contribution in [0, 0.1) is 5.82 Å². The molecule has 1 aromatic carbocycles. The van der Waals surface area contributed by atoms with Crippen molar-refractivity contribution in [3.8, 4) is 0 Å². The molecular formula is C17H22FNO4S. The number of benzene rings is 1. The van der Waals surface area contributed by atoms with E-state index in [1.807, 2.05) is 0 Å². The lowest BCUT2D eigenvalue weighted by atomic mass is 9.94. The molecule has 0 aromatic heterocycles. The molecule has 1 aromatic rings. The third kappa shape index (κ3) is 3.16. The minimum atomic E-state index is -3.06. The number of halogens is 1. The Kier molecular flexibility index (Phi) is 4.85. The molecule has 24 heavy (non-hydrogen) atoms. The molecule has 0 unspecified atom stereocenters. The minimum absolute atomic E-state index is 0.0829. The number of hydrogen-bond acceptors (Lipinski definition) is 5. The molecule has 0 bridgehead atoms. The van der Waals surface area contributed by atoms with Gasteiger partial charge in [-0.25, -0.2) is 9.18 Å². The van der Waals surface area contributed by atoms with Crippen LogP contribution < -0.4 is 4.31 Å². The summed E-state index contributed by atoms with van der Waals surface area (Å²) in [6, 6.07) is 3.18. The molecule has 0 radical (unpaired) electrons. The third-order valence-corrected chi connectivity index (χ3v) is 6.53. The predicted octanol–water partition coefficient (Wildman–Crippen LogP) is 4.31. The van der Waals surface area contributed by atoms with Crippen molar-refractivity contribution in [1.29, 1.82) is 0 Å².